The molecule has 1 amide bonds. The summed E-state index contributed by atoms with van der Waals surface area (Å²) >= 11 is 0. The van der Waals surface area contributed by atoms with Crippen molar-refractivity contribution in [3.8, 4) is 0 Å². The minimum absolute atomic E-state index is 0.0450. The molecule has 2 fully saturated rings. The number of rotatable bonds is 3. The Morgan fingerprint density at radius 3 is 2.71 bits per heavy atom. The van der Waals surface area contributed by atoms with Crippen LogP contribution in [-0.4, -0.2) is 52.1 Å². The van der Waals surface area contributed by atoms with E-state index in [1.165, 1.54) is 5.56 Å². The molecular weight excluding hydrogens is 264 g/mol. The number of aliphatic hydroxyl groups is 1. The highest BCUT2D eigenvalue weighted by Gasteiger charge is 2.40. The van der Waals surface area contributed by atoms with Crippen molar-refractivity contribution in [2.24, 2.45) is 0 Å². The van der Waals surface area contributed by atoms with E-state index < -0.39 is 5.60 Å². The maximum atomic E-state index is 12.7. The average molecular weight is 288 g/mol. The summed E-state index contributed by atoms with van der Waals surface area (Å²) in [4.78, 5) is 16.9. The molecule has 4 heteroatoms. The van der Waals surface area contributed by atoms with Crippen molar-refractivity contribution >= 4 is 5.91 Å². The third-order valence-electron chi connectivity index (χ3n) is 4.64. The summed E-state index contributed by atoms with van der Waals surface area (Å²) in [5.41, 5.74) is 0.544. The molecule has 2 atom stereocenters. The molecule has 1 aromatic rings. The molecule has 1 aromatic carbocycles. The Labute approximate surface area is 126 Å². The van der Waals surface area contributed by atoms with Crippen LogP contribution in [0.1, 0.15) is 31.7 Å². The van der Waals surface area contributed by atoms with E-state index in [1.54, 1.807) is 0 Å². The van der Waals surface area contributed by atoms with E-state index in [1.807, 2.05) is 30.0 Å². The second kappa shape index (κ2) is 5.78. The highest BCUT2D eigenvalue weighted by Crippen LogP contribution is 2.27. The highest BCUT2D eigenvalue weighted by molar-refractivity contribution is 5.82. The van der Waals surface area contributed by atoms with Crippen LogP contribution in [0.15, 0.2) is 30.3 Å². The van der Waals surface area contributed by atoms with Gasteiger partial charge < -0.3 is 10.0 Å². The molecule has 1 N–H and O–H groups in total. The van der Waals surface area contributed by atoms with Crippen molar-refractivity contribution in [2.45, 2.75) is 44.4 Å². The Bertz CT molecular complexity index is 501. The van der Waals surface area contributed by atoms with E-state index in [0.717, 1.165) is 32.4 Å². The van der Waals surface area contributed by atoms with Gasteiger partial charge in [0.15, 0.2) is 0 Å². The van der Waals surface area contributed by atoms with Crippen LogP contribution < -0.4 is 0 Å². The van der Waals surface area contributed by atoms with Gasteiger partial charge in [-0.15, -0.1) is 0 Å². The predicted molar refractivity (Wildman–Crippen MR) is 81.7 cm³/mol. The number of carbonyl (C=O) groups excluding carboxylic acids is 1. The van der Waals surface area contributed by atoms with E-state index in [9.17, 15) is 9.90 Å². The molecule has 114 valence electrons. The Morgan fingerprint density at radius 1 is 1.29 bits per heavy atom. The molecule has 2 aliphatic rings. The van der Waals surface area contributed by atoms with E-state index in [4.69, 9.17) is 0 Å². The van der Waals surface area contributed by atoms with E-state index in [2.05, 4.69) is 17.0 Å². The summed E-state index contributed by atoms with van der Waals surface area (Å²) in [5, 5.41) is 10.1. The number of likely N-dealkylation sites (tertiary alicyclic amines) is 2. The number of hydrogen-bond acceptors (Lipinski definition) is 3. The second-order valence-corrected chi connectivity index (χ2v) is 6.62. The highest BCUT2D eigenvalue weighted by atomic mass is 16.3. The fourth-order valence-corrected chi connectivity index (χ4v) is 3.47. The minimum atomic E-state index is -0.637. The average Bonchev–Trinajstić information content (AvgIpc) is 2.82. The molecule has 0 radical (unpaired) electrons. The van der Waals surface area contributed by atoms with Gasteiger partial charge in [0, 0.05) is 26.2 Å². The molecule has 2 heterocycles. The quantitative estimate of drug-likeness (QED) is 0.919. The summed E-state index contributed by atoms with van der Waals surface area (Å²) in [6, 6.07) is 10.1. The van der Waals surface area contributed by atoms with Gasteiger partial charge in [0.05, 0.1) is 11.6 Å². The van der Waals surface area contributed by atoms with E-state index in [-0.39, 0.29) is 11.9 Å². The first-order valence-electron chi connectivity index (χ1n) is 7.84. The van der Waals surface area contributed by atoms with Crippen molar-refractivity contribution in [3.63, 3.8) is 0 Å². The van der Waals surface area contributed by atoms with Crippen LogP contribution in [0.3, 0.4) is 0 Å². The topological polar surface area (TPSA) is 43.8 Å². The van der Waals surface area contributed by atoms with Crippen LogP contribution >= 0.6 is 0 Å². The standard InChI is InChI=1S/C17H24N2O2/c1-17(21)9-11-19(13-17)15-8-5-10-18(16(15)20)12-14-6-3-2-4-7-14/h2-4,6-7,15,21H,5,8-13H2,1H3/t15-,17-/m0/s1. The maximum absolute atomic E-state index is 12.7. The summed E-state index contributed by atoms with van der Waals surface area (Å²) < 4.78 is 0. The van der Waals surface area contributed by atoms with Gasteiger partial charge in [-0.2, -0.15) is 0 Å². The molecule has 0 saturated carbocycles. The molecule has 0 aliphatic carbocycles. The number of nitrogens with zero attached hydrogens (tertiary/aromatic N) is 2. The Morgan fingerprint density at radius 2 is 2.05 bits per heavy atom. The first kappa shape index (κ1) is 14.5. The summed E-state index contributed by atoms with van der Waals surface area (Å²) in [6.45, 7) is 4.84. The zero-order valence-electron chi connectivity index (χ0n) is 12.7. The maximum Gasteiger partial charge on any atom is 0.240 e. The van der Waals surface area contributed by atoms with E-state index >= 15 is 0 Å². The van der Waals surface area contributed by atoms with Crippen LogP contribution in [0.25, 0.3) is 0 Å². The van der Waals surface area contributed by atoms with Crippen molar-refractivity contribution in [1.82, 2.24) is 9.80 Å². The largest absolute Gasteiger partial charge is 0.389 e. The fraction of sp³-hybridized carbons (Fsp3) is 0.588. The molecule has 0 spiro atoms. The van der Waals surface area contributed by atoms with Crippen LogP contribution in [-0.2, 0) is 11.3 Å². The van der Waals surface area contributed by atoms with Crippen molar-refractivity contribution in [1.29, 1.82) is 0 Å². The Balaban J connectivity index is 1.67. The Hall–Kier alpha value is -1.39. The zero-order valence-corrected chi connectivity index (χ0v) is 12.7. The van der Waals surface area contributed by atoms with Crippen molar-refractivity contribution in [2.75, 3.05) is 19.6 Å². The third kappa shape index (κ3) is 3.27. The lowest BCUT2D eigenvalue weighted by atomic mass is 10.0. The molecule has 2 aliphatic heterocycles. The van der Waals surface area contributed by atoms with Gasteiger partial charge in [0.1, 0.15) is 0 Å². The SMILES string of the molecule is C[C@]1(O)CCN([C@H]2CCCN(Cc3ccccc3)C2=O)C1. The van der Waals surface area contributed by atoms with Crippen LogP contribution in [0.5, 0.6) is 0 Å². The number of benzene rings is 1. The molecule has 21 heavy (non-hydrogen) atoms. The third-order valence-corrected chi connectivity index (χ3v) is 4.64. The first-order valence-corrected chi connectivity index (χ1v) is 7.84. The van der Waals surface area contributed by atoms with E-state index in [0.29, 0.717) is 13.1 Å². The first-order chi connectivity index (χ1) is 10.1. The number of amides is 1. The number of hydrogen-bond donors (Lipinski definition) is 1. The smallest absolute Gasteiger partial charge is 0.240 e. The van der Waals surface area contributed by atoms with Gasteiger partial charge in [0.25, 0.3) is 0 Å². The monoisotopic (exact) mass is 288 g/mol. The normalized spacial score (nSPS) is 30.9. The zero-order chi connectivity index (χ0) is 14.9. The van der Waals surface area contributed by atoms with Gasteiger partial charge in [-0.05, 0) is 31.7 Å². The molecule has 4 nitrogen and oxygen atoms in total. The number of β-amino-alcohol motifs (C(OH)–C–C–N with tert-alkyl or cyclic N) is 1. The summed E-state index contributed by atoms with van der Waals surface area (Å²) in [7, 11) is 0. The van der Waals surface area contributed by atoms with Crippen LogP contribution in [0, 0.1) is 0 Å². The molecule has 0 bridgehead atoms. The Kier molecular flexibility index (Phi) is 4.00. The van der Waals surface area contributed by atoms with Crippen LogP contribution in [0.2, 0.25) is 0 Å². The van der Waals surface area contributed by atoms with Gasteiger partial charge in [0.2, 0.25) is 5.91 Å². The lowest BCUT2D eigenvalue weighted by Crippen LogP contribution is -2.52. The predicted octanol–water partition coefficient (Wildman–Crippen LogP) is 1.63. The lowest BCUT2D eigenvalue weighted by molar-refractivity contribution is -0.140. The molecular formula is C17H24N2O2. The molecule has 3 rings (SSSR count). The molecule has 2 saturated heterocycles. The van der Waals surface area contributed by atoms with Gasteiger partial charge >= 0.3 is 0 Å². The minimum Gasteiger partial charge on any atom is -0.389 e. The van der Waals surface area contributed by atoms with Gasteiger partial charge in [-0.1, -0.05) is 30.3 Å². The molecule has 0 aromatic heterocycles. The van der Waals surface area contributed by atoms with Crippen LogP contribution in [0.4, 0.5) is 0 Å². The second-order valence-electron chi connectivity index (χ2n) is 6.62. The number of piperidine rings is 1. The lowest BCUT2D eigenvalue weighted by Gasteiger charge is -2.37. The molecule has 0 unspecified atom stereocenters. The number of carbonyl (C=O) groups is 1. The van der Waals surface area contributed by atoms with Gasteiger partial charge in [-0.25, -0.2) is 0 Å². The van der Waals surface area contributed by atoms with Crippen molar-refractivity contribution in [3.05, 3.63) is 35.9 Å². The van der Waals surface area contributed by atoms with Crippen molar-refractivity contribution < 1.29 is 9.90 Å². The summed E-state index contributed by atoms with van der Waals surface area (Å²) in [6.07, 6.45) is 2.72. The van der Waals surface area contributed by atoms with Gasteiger partial charge in [-0.3, -0.25) is 9.69 Å². The summed E-state index contributed by atoms with van der Waals surface area (Å²) in [5.74, 6) is 0.225. The fourth-order valence-electron chi connectivity index (χ4n) is 3.47.